The lowest BCUT2D eigenvalue weighted by Gasteiger charge is -2.22. The van der Waals surface area contributed by atoms with E-state index >= 15 is 0 Å². The lowest BCUT2D eigenvalue weighted by atomic mass is 10.1. The van der Waals surface area contributed by atoms with Gasteiger partial charge in [-0.25, -0.2) is 0 Å². The SMILES string of the molecule is CCCCN(CCN)C(=O)c1ccc(OC)c(OC)c1. The van der Waals surface area contributed by atoms with E-state index in [4.69, 9.17) is 15.2 Å². The highest BCUT2D eigenvalue weighted by molar-refractivity contribution is 5.95. The van der Waals surface area contributed by atoms with Crippen LogP contribution in [0.4, 0.5) is 0 Å². The molecule has 2 N–H and O–H groups in total. The monoisotopic (exact) mass is 280 g/mol. The highest BCUT2D eigenvalue weighted by Crippen LogP contribution is 2.28. The summed E-state index contributed by atoms with van der Waals surface area (Å²) in [4.78, 5) is 14.3. The Bertz CT molecular complexity index is 435. The Morgan fingerprint density at radius 3 is 2.45 bits per heavy atom. The molecule has 0 saturated heterocycles. The topological polar surface area (TPSA) is 64.8 Å². The summed E-state index contributed by atoms with van der Waals surface area (Å²) in [6, 6.07) is 5.20. The van der Waals surface area contributed by atoms with Crippen LogP contribution in [0.2, 0.25) is 0 Å². The summed E-state index contributed by atoms with van der Waals surface area (Å²) in [6.07, 6.45) is 2.01. The minimum absolute atomic E-state index is 0.0233. The van der Waals surface area contributed by atoms with Crippen LogP contribution < -0.4 is 15.2 Å². The number of benzene rings is 1. The average Bonchev–Trinajstić information content (AvgIpc) is 2.49. The molecule has 5 nitrogen and oxygen atoms in total. The third-order valence-electron chi connectivity index (χ3n) is 3.10. The standard InChI is InChI=1S/C15H24N2O3/c1-4-5-9-17(10-8-16)15(18)12-6-7-13(19-2)14(11-12)20-3/h6-7,11H,4-5,8-10,16H2,1-3H3. The van der Waals surface area contributed by atoms with E-state index in [0.717, 1.165) is 19.4 Å². The van der Waals surface area contributed by atoms with Crippen molar-refractivity contribution in [2.24, 2.45) is 5.73 Å². The van der Waals surface area contributed by atoms with Crippen molar-refractivity contribution >= 4 is 5.91 Å². The van der Waals surface area contributed by atoms with Gasteiger partial charge < -0.3 is 20.1 Å². The number of nitrogens with two attached hydrogens (primary N) is 1. The highest BCUT2D eigenvalue weighted by Gasteiger charge is 2.16. The molecule has 0 saturated carbocycles. The molecule has 0 atom stereocenters. The van der Waals surface area contributed by atoms with Gasteiger partial charge in [0.1, 0.15) is 0 Å². The minimum Gasteiger partial charge on any atom is -0.493 e. The molecule has 0 unspecified atom stereocenters. The molecule has 0 heterocycles. The van der Waals surface area contributed by atoms with Crippen LogP contribution in [0.15, 0.2) is 18.2 Å². The molecule has 0 aromatic heterocycles. The minimum atomic E-state index is -0.0233. The summed E-state index contributed by atoms with van der Waals surface area (Å²) < 4.78 is 10.4. The number of rotatable bonds is 8. The lowest BCUT2D eigenvalue weighted by Crippen LogP contribution is -2.36. The van der Waals surface area contributed by atoms with Crippen LogP contribution in [0.1, 0.15) is 30.1 Å². The van der Waals surface area contributed by atoms with E-state index in [0.29, 0.717) is 30.2 Å². The van der Waals surface area contributed by atoms with Crippen LogP contribution in [-0.2, 0) is 0 Å². The molecule has 0 bridgehead atoms. The fourth-order valence-corrected chi connectivity index (χ4v) is 1.97. The number of hydrogen-bond donors (Lipinski definition) is 1. The van der Waals surface area contributed by atoms with Crippen molar-refractivity contribution in [3.63, 3.8) is 0 Å². The number of ether oxygens (including phenoxy) is 2. The first-order valence-electron chi connectivity index (χ1n) is 6.89. The maximum Gasteiger partial charge on any atom is 0.254 e. The zero-order chi connectivity index (χ0) is 15.0. The largest absolute Gasteiger partial charge is 0.493 e. The second kappa shape index (κ2) is 8.43. The van der Waals surface area contributed by atoms with E-state index in [1.807, 2.05) is 0 Å². The lowest BCUT2D eigenvalue weighted by molar-refractivity contribution is 0.0757. The number of hydrogen-bond acceptors (Lipinski definition) is 4. The van der Waals surface area contributed by atoms with Crippen LogP contribution >= 0.6 is 0 Å². The zero-order valence-corrected chi connectivity index (χ0v) is 12.5. The molecular weight excluding hydrogens is 256 g/mol. The van der Waals surface area contributed by atoms with Gasteiger partial charge in [0, 0.05) is 25.2 Å². The van der Waals surface area contributed by atoms with E-state index in [-0.39, 0.29) is 5.91 Å². The van der Waals surface area contributed by atoms with Gasteiger partial charge in [-0.2, -0.15) is 0 Å². The summed E-state index contributed by atoms with van der Waals surface area (Å²) in [5, 5.41) is 0. The fourth-order valence-electron chi connectivity index (χ4n) is 1.97. The third-order valence-corrected chi connectivity index (χ3v) is 3.10. The van der Waals surface area contributed by atoms with Gasteiger partial charge in [-0.1, -0.05) is 13.3 Å². The van der Waals surface area contributed by atoms with Gasteiger partial charge in [-0.15, -0.1) is 0 Å². The summed E-state index contributed by atoms with van der Waals surface area (Å²) in [5.41, 5.74) is 6.17. The molecule has 0 aliphatic heterocycles. The Labute approximate surface area is 120 Å². The molecule has 1 aromatic rings. The van der Waals surface area contributed by atoms with Crippen molar-refractivity contribution < 1.29 is 14.3 Å². The smallest absolute Gasteiger partial charge is 0.254 e. The van der Waals surface area contributed by atoms with Gasteiger partial charge in [-0.3, -0.25) is 4.79 Å². The van der Waals surface area contributed by atoms with Gasteiger partial charge in [0.15, 0.2) is 11.5 Å². The van der Waals surface area contributed by atoms with Crippen LogP contribution in [0.5, 0.6) is 11.5 Å². The molecule has 0 spiro atoms. The number of nitrogens with zero attached hydrogens (tertiary/aromatic N) is 1. The average molecular weight is 280 g/mol. The first-order valence-corrected chi connectivity index (χ1v) is 6.89. The van der Waals surface area contributed by atoms with Crippen molar-refractivity contribution in [2.45, 2.75) is 19.8 Å². The molecule has 0 radical (unpaired) electrons. The normalized spacial score (nSPS) is 10.2. The molecule has 20 heavy (non-hydrogen) atoms. The second-order valence-corrected chi connectivity index (χ2v) is 4.50. The summed E-state index contributed by atoms with van der Waals surface area (Å²) in [5.74, 6) is 1.15. The predicted molar refractivity (Wildman–Crippen MR) is 79.4 cm³/mol. The van der Waals surface area contributed by atoms with Crippen molar-refractivity contribution in [3.05, 3.63) is 23.8 Å². The first kappa shape index (κ1) is 16.3. The predicted octanol–water partition coefficient (Wildman–Crippen LogP) is 1.90. The van der Waals surface area contributed by atoms with E-state index in [1.54, 1.807) is 37.3 Å². The van der Waals surface area contributed by atoms with Gasteiger partial charge in [-0.05, 0) is 24.6 Å². The molecule has 1 aromatic carbocycles. The van der Waals surface area contributed by atoms with Gasteiger partial charge >= 0.3 is 0 Å². The number of methoxy groups -OCH3 is 2. The molecule has 1 rings (SSSR count). The van der Waals surface area contributed by atoms with E-state index < -0.39 is 0 Å². The van der Waals surface area contributed by atoms with Crippen LogP contribution in [0, 0.1) is 0 Å². The quantitative estimate of drug-likeness (QED) is 0.790. The van der Waals surface area contributed by atoms with Gasteiger partial charge in [0.2, 0.25) is 0 Å². The van der Waals surface area contributed by atoms with Crippen molar-refractivity contribution in [1.29, 1.82) is 0 Å². The molecular formula is C15H24N2O3. The van der Waals surface area contributed by atoms with Gasteiger partial charge in [0.25, 0.3) is 5.91 Å². The van der Waals surface area contributed by atoms with Crippen molar-refractivity contribution in [3.8, 4) is 11.5 Å². The molecule has 112 valence electrons. The molecule has 0 aliphatic rings. The summed E-state index contributed by atoms with van der Waals surface area (Å²) in [6.45, 7) is 3.85. The Morgan fingerprint density at radius 1 is 1.20 bits per heavy atom. The van der Waals surface area contributed by atoms with E-state index in [2.05, 4.69) is 6.92 Å². The Morgan fingerprint density at radius 2 is 1.90 bits per heavy atom. The maximum absolute atomic E-state index is 12.5. The number of carbonyl (C=O) groups is 1. The number of carbonyl (C=O) groups excluding carboxylic acids is 1. The molecule has 5 heteroatoms. The molecule has 1 amide bonds. The Balaban J connectivity index is 2.93. The van der Waals surface area contributed by atoms with Gasteiger partial charge in [0.05, 0.1) is 14.2 Å². The summed E-state index contributed by atoms with van der Waals surface area (Å²) >= 11 is 0. The summed E-state index contributed by atoms with van der Waals surface area (Å²) in [7, 11) is 3.13. The van der Waals surface area contributed by atoms with Crippen LogP contribution in [-0.4, -0.2) is 44.7 Å². The fraction of sp³-hybridized carbons (Fsp3) is 0.533. The third kappa shape index (κ3) is 4.13. The number of amides is 1. The van der Waals surface area contributed by atoms with E-state index in [1.165, 1.54) is 0 Å². The van der Waals surface area contributed by atoms with E-state index in [9.17, 15) is 4.79 Å². The Kier molecular flexibility index (Phi) is 6.87. The van der Waals surface area contributed by atoms with Crippen LogP contribution in [0.25, 0.3) is 0 Å². The second-order valence-electron chi connectivity index (χ2n) is 4.50. The first-order chi connectivity index (χ1) is 9.67. The molecule has 0 fully saturated rings. The highest BCUT2D eigenvalue weighted by atomic mass is 16.5. The maximum atomic E-state index is 12.5. The zero-order valence-electron chi connectivity index (χ0n) is 12.5. The number of unbranched alkanes of at least 4 members (excludes halogenated alkanes) is 1. The van der Waals surface area contributed by atoms with Crippen molar-refractivity contribution in [1.82, 2.24) is 4.90 Å². The Hall–Kier alpha value is -1.75. The van der Waals surface area contributed by atoms with Crippen molar-refractivity contribution in [2.75, 3.05) is 33.9 Å². The van der Waals surface area contributed by atoms with Crippen LogP contribution in [0.3, 0.4) is 0 Å². The molecule has 0 aliphatic carbocycles.